The zero-order chi connectivity index (χ0) is 14.9. The van der Waals surface area contributed by atoms with Gasteiger partial charge < -0.3 is 9.47 Å². The van der Waals surface area contributed by atoms with Crippen molar-refractivity contribution in [1.82, 2.24) is 0 Å². The average molecular weight is 302 g/mol. The van der Waals surface area contributed by atoms with Gasteiger partial charge in [-0.15, -0.1) is 0 Å². The molecule has 0 spiro atoms. The Labute approximate surface area is 102 Å². The van der Waals surface area contributed by atoms with E-state index in [1.807, 2.05) is 0 Å². The van der Waals surface area contributed by atoms with Crippen molar-refractivity contribution in [2.24, 2.45) is 0 Å². The van der Waals surface area contributed by atoms with Crippen LogP contribution in [0.5, 0.6) is 0 Å². The van der Waals surface area contributed by atoms with E-state index in [1.165, 1.54) is 0 Å². The van der Waals surface area contributed by atoms with Gasteiger partial charge in [0.05, 0.1) is 19.8 Å². The minimum atomic E-state index is -6.16. The molecule has 1 rings (SSSR count). The fourth-order valence-electron chi connectivity index (χ4n) is 1.12. The molecule has 10 heteroatoms. The van der Waals surface area contributed by atoms with E-state index in [9.17, 15) is 35.1 Å². The van der Waals surface area contributed by atoms with Crippen molar-refractivity contribution in [1.29, 1.82) is 0 Å². The molecule has 0 aromatic carbocycles. The first-order valence-corrected chi connectivity index (χ1v) is 5.13. The molecule has 0 N–H and O–H groups in total. The van der Waals surface area contributed by atoms with Gasteiger partial charge in [0.15, 0.2) is 0 Å². The summed E-state index contributed by atoms with van der Waals surface area (Å²) in [6.45, 7) is -0.787. The standard InChI is InChI=1S/C9H10F8O2/c10-6(11)8(14,15)9(16,17)7(12,13)1-2-18-3-5-4-19-5/h5-6H,1-4H2. The minimum Gasteiger partial charge on any atom is -0.378 e. The normalized spacial score (nSPS) is 21.0. The number of epoxide rings is 1. The lowest BCUT2D eigenvalue weighted by Crippen LogP contribution is -2.57. The molecule has 0 aromatic rings. The topological polar surface area (TPSA) is 21.8 Å². The highest BCUT2D eigenvalue weighted by Gasteiger charge is 2.74. The molecule has 0 saturated carbocycles. The fraction of sp³-hybridized carbons (Fsp3) is 1.00. The Morgan fingerprint density at radius 1 is 1.11 bits per heavy atom. The van der Waals surface area contributed by atoms with Crippen molar-refractivity contribution in [2.45, 2.75) is 36.7 Å². The predicted molar refractivity (Wildman–Crippen MR) is 46.0 cm³/mol. The van der Waals surface area contributed by atoms with E-state index in [1.54, 1.807) is 0 Å². The second kappa shape index (κ2) is 5.39. The highest BCUT2D eigenvalue weighted by atomic mass is 19.4. The summed E-state index contributed by atoms with van der Waals surface area (Å²) in [5, 5.41) is 0. The molecule has 0 radical (unpaired) electrons. The zero-order valence-corrected chi connectivity index (χ0v) is 9.32. The molecule has 1 heterocycles. The second-order valence-electron chi connectivity index (χ2n) is 3.98. The lowest BCUT2D eigenvalue weighted by molar-refractivity contribution is -0.340. The van der Waals surface area contributed by atoms with E-state index in [0.717, 1.165) is 0 Å². The molecule has 1 aliphatic rings. The van der Waals surface area contributed by atoms with Crippen molar-refractivity contribution < 1.29 is 44.6 Å². The molecule has 1 fully saturated rings. The molecule has 0 bridgehead atoms. The third-order valence-electron chi connectivity index (χ3n) is 2.42. The number of rotatable bonds is 8. The third-order valence-corrected chi connectivity index (χ3v) is 2.42. The zero-order valence-electron chi connectivity index (χ0n) is 9.32. The van der Waals surface area contributed by atoms with Crippen LogP contribution in [0.3, 0.4) is 0 Å². The summed E-state index contributed by atoms with van der Waals surface area (Å²) in [7, 11) is 0. The summed E-state index contributed by atoms with van der Waals surface area (Å²) in [5.41, 5.74) is 0. The number of hydrogen-bond donors (Lipinski definition) is 0. The molecule has 1 atom stereocenters. The van der Waals surface area contributed by atoms with Crippen molar-refractivity contribution in [3.63, 3.8) is 0 Å². The monoisotopic (exact) mass is 302 g/mol. The van der Waals surface area contributed by atoms with E-state index < -0.39 is 37.2 Å². The number of hydrogen-bond acceptors (Lipinski definition) is 2. The predicted octanol–water partition coefficient (Wildman–Crippen LogP) is 2.96. The van der Waals surface area contributed by atoms with Gasteiger partial charge in [0, 0.05) is 6.42 Å². The summed E-state index contributed by atoms with van der Waals surface area (Å²) in [5.74, 6) is -17.6. The molecule has 1 unspecified atom stereocenters. The molecule has 19 heavy (non-hydrogen) atoms. The lowest BCUT2D eigenvalue weighted by Gasteiger charge is -2.32. The maximum Gasteiger partial charge on any atom is 0.377 e. The van der Waals surface area contributed by atoms with E-state index in [2.05, 4.69) is 9.47 Å². The maximum atomic E-state index is 12.9. The number of alkyl halides is 8. The van der Waals surface area contributed by atoms with E-state index in [-0.39, 0.29) is 12.7 Å². The van der Waals surface area contributed by atoms with E-state index in [4.69, 9.17) is 0 Å². The van der Waals surface area contributed by atoms with Crippen LogP contribution in [0.1, 0.15) is 6.42 Å². The Bertz CT molecular complexity index is 303. The Morgan fingerprint density at radius 3 is 2.05 bits per heavy atom. The Hall–Kier alpha value is -0.640. The van der Waals surface area contributed by atoms with Crippen LogP contribution in [-0.4, -0.2) is 50.1 Å². The van der Waals surface area contributed by atoms with Crippen molar-refractivity contribution in [3.8, 4) is 0 Å². The van der Waals surface area contributed by atoms with Gasteiger partial charge in [0.25, 0.3) is 0 Å². The van der Waals surface area contributed by atoms with Gasteiger partial charge in [0.2, 0.25) is 0 Å². The first-order chi connectivity index (χ1) is 8.52. The molecule has 114 valence electrons. The Kier molecular flexibility index (Phi) is 4.66. The smallest absolute Gasteiger partial charge is 0.377 e. The second-order valence-corrected chi connectivity index (χ2v) is 3.98. The van der Waals surface area contributed by atoms with E-state index >= 15 is 0 Å². The summed E-state index contributed by atoms with van der Waals surface area (Å²) >= 11 is 0. The molecule has 1 saturated heterocycles. The molecule has 2 nitrogen and oxygen atoms in total. The van der Waals surface area contributed by atoms with Crippen LogP contribution >= 0.6 is 0 Å². The Morgan fingerprint density at radius 2 is 1.63 bits per heavy atom. The quantitative estimate of drug-likeness (QED) is 0.391. The summed E-state index contributed by atoms with van der Waals surface area (Å²) in [4.78, 5) is 0. The minimum absolute atomic E-state index is 0.146. The summed E-state index contributed by atoms with van der Waals surface area (Å²) in [6.07, 6.45) is -7.01. The molecule has 0 aliphatic carbocycles. The first kappa shape index (κ1) is 16.4. The fourth-order valence-corrected chi connectivity index (χ4v) is 1.12. The van der Waals surface area contributed by atoms with Gasteiger partial charge in [-0.2, -0.15) is 26.3 Å². The molecule has 1 aliphatic heterocycles. The van der Waals surface area contributed by atoms with Gasteiger partial charge in [-0.1, -0.05) is 0 Å². The largest absolute Gasteiger partial charge is 0.378 e. The number of halogens is 8. The van der Waals surface area contributed by atoms with Gasteiger partial charge in [-0.05, 0) is 0 Å². The highest BCUT2D eigenvalue weighted by Crippen LogP contribution is 2.49. The van der Waals surface area contributed by atoms with Gasteiger partial charge in [0.1, 0.15) is 6.10 Å². The van der Waals surface area contributed by atoms with Crippen LogP contribution in [0, 0.1) is 0 Å². The molecular formula is C9H10F8O2. The average Bonchev–Trinajstić information content (AvgIpc) is 3.07. The van der Waals surface area contributed by atoms with Gasteiger partial charge >= 0.3 is 24.2 Å². The van der Waals surface area contributed by atoms with Gasteiger partial charge in [-0.25, -0.2) is 8.78 Å². The van der Waals surface area contributed by atoms with Crippen molar-refractivity contribution in [3.05, 3.63) is 0 Å². The molecule has 0 aromatic heterocycles. The summed E-state index contributed by atoms with van der Waals surface area (Å²) in [6, 6.07) is 0. The Balaban J connectivity index is 2.56. The van der Waals surface area contributed by atoms with Crippen LogP contribution in [0.15, 0.2) is 0 Å². The number of ether oxygens (including phenoxy) is 2. The summed E-state index contributed by atoms with van der Waals surface area (Å²) < 4.78 is 109. The van der Waals surface area contributed by atoms with Crippen LogP contribution in [0.4, 0.5) is 35.1 Å². The van der Waals surface area contributed by atoms with Gasteiger partial charge in [-0.3, -0.25) is 0 Å². The van der Waals surface area contributed by atoms with Crippen LogP contribution in [0.25, 0.3) is 0 Å². The van der Waals surface area contributed by atoms with Crippen LogP contribution in [-0.2, 0) is 9.47 Å². The highest BCUT2D eigenvalue weighted by molar-refractivity contribution is 4.97. The van der Waals surface area contributed by atoms with Crippen LogP contribution < -0.4 is 0 Å². The van der Waals surface area contributed by atoms with Crippen molar-refractivity contribution >= 4 is 0 Å². The van der Waals surface area contributed by atoms with Crippen molar-refractivity contribution in [2.75, 3.05) is 19.8 Å². The third kappa shape index (κ3) is 3.47. The maximum absolute atomic E-state index is 12.9. The van der Waals surface area contributed by atoms with E-state index in [0.29, 0.717) is 6.61 Å². The molecule has 0 amide bonds. The first-order valence-electron chi connectivity index (χ1n) is 5.13. The lowest BCUT2D eigenvalue weighted by atomic mass is 10.0. The molecular weight excluding hydrogens is 292 g/mol. The van der Waals surface area contributed by atoms with Crippen LogP contribution in [0.2, 0.25) is 0 Å². The SMILES string of the molecule is FC(F)C(F)(F)C(F)(F)C(F)(F)CCOCC1CO1.